The van der Waals surface area contributed by atoms with Crippen LogP contribution in [-0.2, 0) is 32.7 Å². The van der Waals surface area contributed by atoms with Gasteiger partial charge in [0, 0.05) is 12.8 Å². The zero-order valence-electron chi connectivity index (χ0n) is 48.1. The van der Waals surface area contributed by atoms with Crippen molar-refractivity contribution in [3.8, 4) is 0 Å². The van der Waals surface area contributed by atoms with Crippen LogP contribution in [0, 0.1) is 0 Å². The van der Waals surface area contributed by atoms with E-state index in [-0.39, 0.29) is 32.0 Å². The Morgan fingerprint density at radius 2 is 0.778 bits per heavy atom. The molecule has 72 heavy (non-hydrogen) atoms. The van der Waals surface area contributed by atoms with Crippen molar-refractivity contribution < 1.29 is 42.1 Å². The first-order valence-corrected chi connectivity index (χ1v) is 32.2. The van der Waals surface area contributed by atoms with Crippen molar-refractivity contribution in [3.63, 3.8) is 0 Å². The van der Waals surface area contributed by atoms with E-state index < -0.39 is 26.5 Å². The third-order valence-corrected chi connectivity index (χ3v) is 14.6. The molecule has 0 aliphatic heterocycles. The maximum absolute atomic E-state index is 12.7. The summed E-state index contributed by atoms with van der Waals surface area (Å²) in [6, 6.07) is 0. The molecule has 0 amide bonds. The fraction of sp³-hybridized carbons (Fsp3) is 0.871. The molecule has 0 aromatic carbocycles. The molecule has 0 aromatic rings. The first kappa shape index (κ1) is 70.2. The number of hydrogen-bond donors (Lipinski definition) is 0. The van der Waals surface area contributed by atoms with Crippen LogP contribution in [0.15, 0.2) is 36.5 Å². The van der Waals surface area contributed by atoms with E-state index >= 15 is 0 Å². The summed E-state index contributed by atoms with van der Waals surface area (Å²) in [5, 5.41) is 0. The zero-order valence-corrected chi connectivity index (χ0v) is 49.0. The van der Waals surface area contributed by atoms with Gasteiger partial charge in [-0.3, -0.25) is 14.2 Å². The van der Waals surface area contributed by atoms with Crippen molar-refractivity contribution in [1.29, 1.82) is 0 Å². The van der Waals surface area contributed by atoms with Gasteiger partial charge >= 0.3 is 11.9 Å². The molecule has 0 saturated heterocycles. The van der Waals surface area contributed by atoms with Gasteiger partial charge in [0.15, 0.2) is 6.10 Å². The number of phosphoric acid groups is 1. The summed E-state index contributed by atoms with van der Waals surface area (Å²) in [5.41, 5.74) is 0. The van der Waals surface area contributed by atoms with Crippen molar-refractivity contribution in [2.24, 2.45) is 0 Å². The standard InChI is InChI=1S/C62H118NO8P/c1-6-8-10-12-14-16-18-20-21-22-23-24-25-26-27-28-29-30-31-32-33-34-35-36-37-38-39-40-41-43-44-46-48-50-52-54-61(64)68-58-60(59-70-72(66,67)69-57-56-63(3,4)5)71-62(65)55-53-51-49-47-45-42-19-17-15-13-11-9-7-2/h11,13,17,19,22-23,60H,6-10,12,14-16,18,20-21,24-59H2,1-5H3/b13-11-,19-17-,23-22-. The highest BCUT2D eigenvalue weighted by Crippen LogP contribution is 2.38. The van der Waals surface area contributed by atoms with E-state index in [1.165, 1.54) is 199 Å². The number of likely N-dealkylation sites (N-methyl/N-ethyl adjacent to an activating group) is 1. The van der Waals surface area contributed by atoms with Gasteiger partial charge < -0.3 is 27.9 Å². The molecule has 424 valence electrons. The lowest BCUT2D eigenvalue weighted by Gasteiger charge is -2.28. The molecule has 0 aliphatic rings. The Morgan fingerprint density at radius 3 is 1.17 bits per heavy atom. The summed E-state index contributed by atoms with van der Waals surface area (Å²) in [5.74, 6) is -0.839. The minimum Gasteiger partial charge on any atom is -0.756 e. The molecule has 0 aromatic heterocycles. The van der Waals surface area contributed by atoms with Crippen molar-refractivity contribution in [3.05, 3.63) is 36.5 Å². The zero-order chi connectivity index (χ0) is 52.7. The highest BCUT2D eigenvalue weighted by atomic mass is 31.2. The third-order valence-electron chi connectivity index (χ3n) is 13.6. The second-order valence-electron chi connectivity index (χ2n) is 22.1. The lowest BCUT2D eigenvalue weighted by Crippen LogP contribution is -2.37. The van der Waals surface area contributed by atoms with Gasteiger partial charge in [0.1, 0.15) is 19.8 Å². The minimum absolute atomic E-state index is 0.0324. The molecular weight excluding hydrogens is 918 g/mol. The van der Waals surface area contributed by atoms with Crippen molar-refractivity contribution >= 4 is 19.8 Å². The summed E-state index contributed by atoms with van der Waals surface area (Å²) in [4.78, 5) is 37.8. The quantitative estimate of drug-likeness (QED) is 0.0195. The fourth-order valence-electron chi connectivity index (χ4n) is 8.87. The predicted octanol–water partition coefficient (Wildman–Crippen LogP) is 18.5. The summed E-state index contributed by atoms with van der Waals surface area (Å²) < 4.78 is 34.1. The number of ether oxygens (including phenoxy) is 2. The Balaban J connectivity index is 3.90. The molecule has 2 atom stereocenters. The van der Waals surface area contributed by atoms with E-state index in [1.54, 1.807) is 0 Å². The largest absolute Gasteiger partial charge is 0.756 e. The van der Waals surface area contributed by atoms with E-state index in [4.69, 9.17) is 18.5 Å². The molecule has 0 fully saturated rings. The first-order valence-electron chi connectivity index (χ1n) is 30.7. The van der Waals surface area contributed by atoms with Crippen LogP contribution in [0.2, 0.25) is 0 Å². The topological polar surface area (TPSA) is 111 Å². The normalized spacial score (nSPS) is 13.5. The number of allylic oxidation sites excluding steroid dienone is 6. The van der Waals surface area contributed by atoms with Crippen LogP contribution in [-0.4, -0.2) is 70.0 Å². The average Bonchev–Trinajstić information content (AvgIpc) is 3.34. The van der Waals surface area contributed by atoms with Gasteiger partial charge in [0.2, 0.25) is 0 Å². The number of carbonyl (C=O) groups excluding carboxylic acids is 2. The molecule has 2 unspecified atom stereocenters. The molecule has 0 heterocycles. The minimum atomic E-state index is -4.63. The number of rotatable bonds is 57. The predicted molar refractivity (Wildman–Crippen MR) is 305 cm³/mol. The van der Waals surface area contributed by atoms with Crippen LogP contribution in [0.5, 0.6) is 0 Å². The van der Waals surface area contributed by atoms with Gasteiger partial charge in [0.05, 0.1) is 27.7 Å². The van der Waals surface area contributed by atoms with Crippen molar-refractivity contribution in [2.75, 3.05) is 47.5 Å². The van der Waals surface area contributed by atoms with Gasteiger partial charge in [0.25, 0.3) is 7.82 Å². The Kier molecular flexibility index (Phi) is 52.7. The van der Waals surface area contributed by atoms with Crippen LogP contribution in [0.4, 0.5) is 0 Å². The molecule has 9 nitrogen and oxygen atoms in total. The lowest BCUT2D eigenvalue weighted by atomic mass is 10.0. The van der Waals surface area contributed by atoms with Crippen LogP contribution in [0.25, 0.3) is 0 Å². The molecule has 0 N–H and O–H groups in total. The Labute approximate surface area is 446 Å². The highest BCUT2D eigenvalue weighted by molar-refractivity contribution is 7.45. The van der Waals surface area contributed by atoms with E-state index in [0.29, 0.717) is 17.4 Å². The Hall–Kier alpha value is -1.77. The number of carbonyl (C=O) groups is 2. The average molecular weight is 1040 g/mol. The van der Waals surface area contributed by atoms with E-state index in [0.717, 1.165) is 64.2 Å². The van der Waals surface area contributed by atoms with Crippen LogP contribution in [0.1, 0.15) is 296 Å². The molecular formula is C62H118NO8P. The SMILES string of the molecule is CCC/C=C\C/C=C\CCCCCCCC(=O)OC(COC(=O)CCCCCCCCCCCCCCCCCCCCCCCCC/C=C\CCCCCCCCCC)COP(=O)([O-])OCC[N+](C)(C)C. The van der Waals surface area contributed by atoms with Crippen LogP contribution in [0.3, 0.4) is 0 Å². The van der Waals surface area contributed by atoms with E-state index in [1.807, 2.05) is 21.1 Å². The molecule has 0 aliphatic carbocycles. The maximum Gasteiger partial charge on any atom is 0.306 e. The Bertz CT molecular complexity index is 1310. The maximum atomic E-state index is 12.7. The molecule has 0 saturated carbocycles. The van der Waals surface area contributed by atoms with Crippen LogP contribution < -0.4 is 4.89 Å². The number of hydrogen-bond acceptors (Lipinski definition) is 8. The van der Waals surface area contributed by atoms with Gasteiger partial charge in [-0.15, -0.1) is 0 Å². The van der Waals surface area contributed by atoms with Crippen molar-refractivity contribution in [2.45, 2.75) is 302 Å². The molecule has 0 spiro atoms. The molecule has 10 heteroatoms. The van der Waals surface area contributed by atoms with E-state index in [9.17, 15) is 19.0 Å². The second kappa shape index (κ2) is 54.0. The monoisotopic (exact) mass is 1040 g/mol. The highest BCUT2D eigenvalue weighted by Gasteiger charge is 2.22. The van der Waals surface area contributed by atoms with Crippen molar-refractivity contribution in [1.82, 2.24) is 0 Å². The van der Waals surface area contributed by atoms with E-state index in [2.05, 4.69) is 50.3 Å². The summed E-state index contributed by atoms with van der Waals surface area (Å²) >= 11 is 0. The fourth-order valence-corrected chi connectivity index (χ4v) is 9.60. The molecule has 0 rings (SSSR count). The first-order chi connectivity index (χ1) is 35.0. The number of unbranched alkanes of at least 4 members (excludes halogenated alkanes) is 37. The summed E-state index contributed by atoms with van der Waals surface area (Å²) in [6.07, 6.45) is 66.6. The number of esters is 2. The van der Waals surface area contributed by atoms with Gasteiger partial charge in [-0.25, -0.2) is 0 Å². The third kappa shape index (κ3) is 57.5. The number of quaternary nitrogens is 1. The van der Waals surface area contributed by atoms with Crippen LogP contribution >= 0.6 is 7.82 Å². The molecule has 0 radical (unpaired) electrons. The number of nitrogens with zero attached hydrogens (tertiary/aromatic N) is 1. The van der Waals surface area contributed by atoms with Gasteiger partial charge in [-0.1, -0.05) is 256 Å². The smallest absolute Gasteiger partial charge is 0.306 e. The Morgan fingerprint density at radius 1 is 0.431 bits per heavy atom. The van der Waals surface area contributed by atoms with Gasteiger partial charge in [-0.05, 0) is 64.2 Å². The number of phosphoric ester groups is 1. The summed E-state index contributed by atoms with van der Waals surface area (Å²) in [7, 11) is 1.17. The summed E-state index contributed by atoms with van der Waals surface area (Å²) in [6.45, 7) is 4.19. The lowest BCUT2D eigenvalue weighted by molar-refractivity contribution is -0.870. The molecule has 0 bridgehead atoms. The second-order valence-corrected chi connectivity index (χ2v) is 23.5. The van der Waals surface area contributed by atoms with Gasteiger partial charge in [-0.2, -0.15) is 0 Å².